The lowest BCUT2D eigenvalue weighted by molar-refractivity contribution is -0.0328. The Morgan fingerprint density at radius 1 is 1.12 bits per heavy atom. The second kappa shape index (κ2) is 3.11. The van der Waals surface area contributed by atoms with Crippen molar-refractivity contribution in [3.63, 3.8) is 0 Å². The molecule has 7 nitrogen and oxygen atoms in total. The number of amides is 2. The monoisotopic (exact) mass is 243 g/mol. The van der Waals surface area contributed by atoms with E-state index in [2.05, 4.69) is 0 Å². The number of fused-ring (bicyclic) bond motifs is 1. The topological polar surface area (TPSA) is 112 Å². The van der Waals surface area contributed by atoms with Gasteiger partial charge >= 0.3 is 0 Å². The predicted molar refractivity (Wildman–Crippen MR) is 48.5 cm³/mol. The highest BCUT2D eigenvalue weighted by atomic mass is 32.2. The summed E-state index contributed by atoms with van der Waals surface area (Å²) in [7, 11) is -4.62. The maximum Gasteiger partial charge on any atom is 0.295 e. The van der Waals surface area contributed by atoms with Gasteiger partial charge in [0.15, 0.2) is 0 Å². The van der Waals surface area contributed by atoms with Gasteiger partial charge in [-0.3, -0.25) is 19.3 Å². The average Bonchev–Trinajstić information content (AvgIpc) is 2.43. The molecule has 1 aliphatic heterocycles. The van der Waals surface area contributed by atoms with E-state index < -0.39 is 32.4 Å². The first-order valence-corrected chi connectivity index (χ1v) is 5.46. The molecule has 0 aromatic heterocycles. The van der Waals surface area contributed by atoms with Crippen molar-refractivity contribution in [2.45, 2.75) is 4.90 Å². The third-order valence-corrected chi connectivity index (χ3v) is 3.03. The van der Waals surface area contributed by atoms with Gasteiger partial charge in [0, 0.05) is 0 Å². The van der Waals surface area contributed by atoms with Crippen molar-refractivity contribution in [2.24, 2.45) is 0 Å². The summed E-state index contributed by atoms with van der Waals surface area (Å²) in [5.74, 6) is -2.20. The molecule has 1 aromatic carbocycles. The molecule has 1 aliphatic rings. The standard InChI is InChI=1S/C8H5NO6S/c10-7-4-2-1-3-5(16(13,14)15)6(4)8(11)9(7)12/h1-3,12H,(H,13,14,15). The molecule has 0 saturated carbocycles. The lowest BCUT2D eigenvalue weighted by atomic mass is 10.1. The van der Waals surface area contributed by atoms with Crippen molar-refractivity contribution in [3.05, 3.63) is 29.3 Å². The van der Waals surface area contributed by atoms with Crippen molar-refractivity contribution in [1.29, 1.82) is 0 Å². The van der Waals surface area contributed by atoms with Gasteiger partial charge in [0.25, 0.3) is 21.9 Å². The number of carbonyl (C=O) groups excluding carboxylic acids is 2. The maximum absolute atomic E-state index is 11.4. The van der Waals surface area contributed by atoms with Gasteiger partial charge in [-0.25, -0.2) is 0 Å². The molecule has 1 aromatic rings. The Kier molecular flexibility index (Phi) is 2.09. The molecule has 1 heterocycles. The summed E-state index contributed by atoms with van der Waals surface area (Å²) in [5.41, 5.74) is -0.778. The minimum absolute atomic E-state index is 0.195. The van der Waals surface area contributed by atoms with Gasteiger partial charge < -0.3 is 0 Å². The van der Waals surface area contributed by atoms with E-state index in [1.807, 2.05) is 0 Å². The number of rotatable bonds is 1. The fraction of sp³-hybridized carbons (Fsp3) is 0. The first-order chi connectivity index (χ1) is 7.34. The van der Waals surface area contributed by atoms with Crippen LogP contribution in [0.25, 0.3) is 0 Å². The van der Waals surface area contributed by atoms with Gasteiger partial charge in [0.05, 0.1) is 11.1 Å². The number of hydrogen-bond acceptors (Lipinski definition) is 5. The molecule has 0 unspecified atom stereocenters. The van der Waals surface area contributed by atoms with Crippen LogP contribution in [0.3, 0.4) is 0 Å². The van der Waals surface area contributed by atoms with Crippen LogP contribution in [0.2, 0.25) is 0 Å². The zero-order chi connectivity index (χ0) is 12.1. The smallest absolute Gasteiger partial charge is 0.282 e. The number of nitrogens with zero attached hydrogens (tertiary/aromatic N) is 1. The van der Waals surface area contributed by atoms with Crippen LogP contribution < -0.4 is 0 Å². The molecule has 0 radical (unpaired) electrons. The largest absolute Gasteiger partial charge is 0.295 e. The van der Waals surface area contributed by atoms with Crippen LogP contribution >= 0.6 is 0 Å². The Hall–Kier alpha value is -1.77. The molecule has 8 heteroatoms. The zero-order valence-electron chi connectivity index (χ0n) is 7.61. The lowest BCUT2D eigenvalue weighted by Crippen LogP contribution is -2.25. The second-order valence-electron chi connectivity index (χ2n) is 3.08. The van der Waals surface area contributed by atoms with Gasteiger partial charge in [0.1, 0.15) is 4.90 Å². The third-order valence-electron chi connectivity index (χ3n) is 2.13. The van der Waals surface area contributed by atoms with Crippen molar-refractivity contribution in [1.82, 2.24) is 5.06 Å². The van der Waals surface area contributed by atoms with E-state index in [9.17, 15) is 18.0 Å². The Morgan fingerprint density at radius 2 is 1.75 bits per heavy atom. The molecule has 2 N–H and O–H groups in total. The molecule has 0 aliphatic carbocycles. The first kappa shape index (κ1) is 10.7. The number of hydrogen-bond donors (Lipinski definition) is 2. The summed E-state index contributed by atoms with van der Waals surface area (Å²) in [6.07, 6.45) is 0. The van der Waals surface area contributed by atoms with Crippen LogP contribution in [0.4, 0.5) is 0 Å². The van der Waals surface area contributed by atoms with E-state index in [4.69, 9.17) is 9.76 Å². The van der Waals surface area contributed by atoms with Gasteiger partial charge in [-0.15, -0.1) is 5.06 Å². The molecule has 0 fully saturated rings. The van der Waals surface area contributed by atoms with Gasteiger partial charge in [0.2, 0.25) is 0 Å². The van der Waals surface area contributed by atoms with Crippen molar-refractivity contribution in [3.8, 4) is 0 Å². The fourth-order valence-corrected chi connectivity index (χ4v) is 2.16. The molecule has 0 spiro atoms. The molecule has 84 valence electrons. The van der Waals surface area contributed by atoms with Gasteiger partial charge in [-0.2, -0.15) is 8.42 Å². The Morgan fingerprint density at radius 3 is 2.31 bits per heavy atom. The fourth-order valence-electron chi connectivity index (χ4n) is 1.46. The van der Waals surface area contributed by atoms with Crippen LogP contribution in [0.1, 0.15) is 20.7 Å². The minimum Gasteiger partial charge on any atom is -0.282 e. The van der Waals surface area contributed by atoms with Crippen molar-refractivity contribution < 1.29 is 27.8 Å². The quantitative estimate of drug-likeness (QED) is 0.405. The molecule has 16 heavy (non-hydrogen) atoms. The van der Waals surface area contributed by atoms with Crippen LogP contribution in [-0.2, 0) is 10.1 Å². The molecule has 0 bridgehead atoms. The van der Waals surface area contributed by atoms with E-state index in [0.717, 1.165) is 6.07 Å². The number of imide groups is 1. The summed E-state index contributed by atoms with van der Waals surface area (Å²) in [5, 5.41) is 8.84. The Labute approximate surface area is 89.6 Å². The number of carbonyl (C=O) groups is 2. The van der Waals surface area contributed by atoms with E-state index in [-0.39, 0.29) is 10.6 Å². The zero-order valence-corrected chi connectivity index (χ0v) is 8.43. The first-order valence-electron chi connectivity index (χ1n) is 4.02. The van der Waals surface area contributed by atoms with Crippen LogP contribution in [0.5, 0.6) is 0 Å². The summed E-state index contributed by atoms with van der Waals surface area (Å²) in [6, 6.07) is 3.34. The highest BCUT2D eigenvalue weighted by Gasteiger charge is 2.39. The van der Waals surface area contributed by atoms with Crippen molar-refractivity contribution in [2.75, 3.05) is 0 Å². The predicted octanol–water partition coefficient (Wildman–Crippen LogP) is -0.0815. The van der Waals surface area contributed by atoms with E-state index in [0.29, 0.717) is 0 Å². The molecule has 0 atom stereocenters. The lowest BCUT2D eigenvalue weighted by Gasteiger charge is -2.02. The molecule has 2 amide bonds. The number of benzene rings is 1. The Balaban J connectivity index is 2.83. The number of hydroxylamine groups is 2. The average molecular weight is 243 g/mol. The maximum atomic E-state index is 11.4. The van der Waals surface area contributed by atoms with Gasteiger partial charge in [-0.05, 0) is 12.1 Å². The van der Waals surface area contributed by atoms with Crippen molar-refractivity contribution >= 4 is 21.9 Å². The molecular weight excluding hydrogens is 238 g/mol. The minimum atomic E-state index is -4.62. The summed E-state index contributed by atoms with van der Waals surface area (Å²) in [4.78, 5) is 21.9. The van der Waals surface area contributed by atoms with Gasteiger partial charge in [-0.1, -0.05) is 6.07 Å². The summed E-state index contributed by atoms with van der Waals surface area (Å²) in [6.45, 7) is 0. The highest BCUT2D eigenvalue weighted by molar-refractivity contribution is 7.86. The normalized spacial score (nSPS) is 15.5. The van der Waals surface area contributed by atoms with Crippen LogP contribution in [0.15, 0.2) is 23.1 Å². The highest BCUT2D eigenvalue weighted by Crippen LogP contribution is 2.27. The van der Waals surface area contributed by atoms with E-state index >= 15 is 0 Å². The van der Waals surface area contributed by atoms with Crippen LogP contribution in [-0.4, -0.2) is 35.1 Å². The molecular formula is C8H5NO6S. The SMILES string of the molecule is O=C1c2cccc(S(=O)(=O)O)c2C(=O)N1O. The van der Waals surface area contributed by atoms with E-state index in [1.54, 1.807) is 0 Å². The molecule has 0 saturated heterocycles. The third kappa shape index (κ3) is 1.32. The molecule has 2 rings (SSSR count). The second-order valence-corrected chi connectivity index (χ2v) is 4.47. The Bertz CT molecular complexity index is 605. The summed E-state index contributed by atoms with van der Waals surface area (Å²) >= 11 is 0. The van der Waals surface area contributed by atoms with E-state index in [1.165, 1.54) is 12.1 Å². The summed E-state index contributed by atoms with van der Waals surface area (Å²) < 4.78 is 30.7. The van der Waals surface area contributed by atoms with Crippen LogP contribution in [0, 0.1) is 0 Å².